The molecule has 1 atom stereocenters. The van der Waals surface area contributed by atoms with Crippen LogP contribution in [0.3, 0.4) is 0 Å². The molecule has 6 heteroatoms. The largest absolute Gasteiger partial charge is 0.392 e. The summed E-state index contributed by atoms with van der Waals surface area (Å²) in [6.45, 7) is 1.75. The van der Waals surface area contributed by atoms with E-state index < -0.39 is 11.0 Å². The summed E-state index contributed by atoms with van der Waals surface area (Å²) in [7, 11) is 0. The van der Waals surface area contributed by atoms with Gasteiger partial charge in [0.05, 0.1) is 11.0 Å². The Morgan fingerprint density at radius 2 is 2.11 bits per heavy atom. The van der Waals surface area contributed by atoms with Crippen LogP contribution in [0, 0.1) is 10.1 Å². The molecule has 1 rings (SSSR count). The predicted octanol–water partition coefficient (Wildman–Crippen LogP) is 1.11. The van der Waals surface area contributed by atoms with Crippen LogP contribution in [0.2, 0.25) is 0 Å². The lowest BCUT2D eigenvalue weighted by Crippen LogP contribution is -2.28. The quantitative estimate of drug-likeness (QED) is 0.465. The molecule has 6 nitrogen and oxygen atoms in total. The van der Waals surface area contributed by atoms with Crippen LogP contribution >= 0.6 is 0 Å². The number of non-ortho nitro benzene ring substituents is 1. The van der Waals surface area contributed by atoms with Gasteiger partial charge in [0.25, 0.3) is 5.69 Å². The third kappa shape index (κ3) is 4.75. The van der Waals surface area contributed by atoms with Crippen LogP contribution in [0.25, 0.3) is 6.08 Å². The third-order valence-electron chi connectivity index (χ3n) is 2.10. The number of hydrogen-bond acceptors (Lipinski definition) is 4. The van der Waals surface area contributed by atoms with Gasteiger partial charge in [0.15, 0.2) is 0 Å². The molecule has 1 aromatic carbocycles. The highest BCUT2D eigenvalue weighted by Crippen LogP contribution is 2.12. The van der Waals surface area contributed by atoms with Crippen molar-refractivity contribution in [1.82, 2.24) is 5.32 Å². The minimum atomic E-state index is -0.596. The number of amides is 1. The summed E-state index contributed by atoms with van der Waals surface area (Å²) >= 11 is 0. The molecule has 0 radical (unpaired) electrons. The van der Waals surface area contributed by atoms with Crippen molar-refractivity contribution in [3.63, 3.8) is 0 Å². The number of aliphatic hydroxyl groups is 1. The van der Waals surface area contributed by atoms with Crippen LogP contribution in [0.1, 0.15) is 12.5 Å². The number of aliphatic hydroxyl groups excluding tert-OH is 1. The fraction of sp³-hybridized carbons (Fsp3) is 0.250. The second-order valence-corrected chi connectivity index (χ2v) is 3.78. The van der Waals surface area contributed by atoms with Gasteiger partial charge in [-0.05, 0) is 30.7 Å². The summed E-state index contributed by atoms with van der Waals surface area (Å²) in [6, 6.07) is 5.84. The zero-order chi connectivity index (χ0) is 13.5. The van der Waals surface area contributed by atoms with Gasteiger partial charge in [-0.1, -0.05) is 0 Å². The van der Waals surface area contributed by atoms with E-state index in [9.17, 15) is 14.9 Å². The molecule has 0 aliphatic heterocycles. The van der Waals surface area contributed by atoms with E-state index in [2.05, 4.69) is 5.32 Å². The zero-order valence-electron chi connectivity index (χ0n) is 9.87. The van der Waals surface area contributed by atoms with E-state index in [1.807, 2.05) is 0 Å². The standard InChI is InChI=1S/C12H14N2O4/c1-9(15)8-13-12(16)7-4-10-2-5-11(6-3-10)14(17)18/h2-7,9,15H,8H2,1H3,(H,13,16)/b7-4+. The Bertz CT molecular complexity index is 452. The smallest absolute Gasteiger partial charge is 0.269 e. The second-order valence-electron chi connectivity index (χ2n) is 3.78. The number of nitro benzene ring substituents is 1. The zero-order valence-corrected chi connectivity index (χ0v) is 9.87. The first-order valence-electron chi connectivity index (χ1n) is 5.37. The summed E-state index contributed by atoms with van der Waals surface area (Å²) in [5, 5.41) is 21.9. The van der Waals surface area contributed by atoms with E-state index in [0.29, 0.717) is 5.56 Å². The Balaban J connectivity index is 2.56. The second kappa shape index (κ2) is 6.51. The van der Waals surface area contributed by atoms with Crippen LogP contribution in [-0.4, -0.2) is 28.6 Å². The molecule has 18 heavy (non-hydrogen) atoms. The molecular weight excluding hydrogens is 236 g/mol. The van der Waals surface area contributed by atoms with Crippen molar-refractivity contribution in [1.29, 1.82) is 0 Å². The minimum Gasteiger partial charge on any atom is -0.392 e. The van der Waals surface area contributed by atoms with Gasteiger partial charge in [0.2, 0.25) is 5.91 Å². The molecule has 0 saturated heterocycles. The van der Waals surface area contributed by atoms with Gasteiger partial charge in [-0.15, -0.1) is 0 Å². The maximum atomic E-state index is 11.3. The number of nitrogens with zero attached hydrogens (tertiary/aromatic N) is 1. The summed E-state index contributed by atoms with van der Waals surface area (Å²) in [6.07, 6.45) is 2.26. The van der Waals surface area contributed by atoms with E-state index in [-0.39, 0.29) is 18.1 Å². The maximum Gasteiger partial charge on any atom is 0.269 e. The predicted molar refractivity (Wildman–Crippen MR) is 66.8 cm³/mol. The number of hydrogen-bond donors (Lipinski definition) is 2. The molecule has 0 aromatic heterocycles. The Morgan fingerprint density at radius 3 is 2.61 bits per heavy atom. The van der Waals surface area contributed by atoms with Crippen LogP contribution in [0.4, 0.5) is 5.69 Å². The van der Waals surface area contributed by atoms with Crippen LogP contribution in [-0.2, 0) is 4.79 Å². The molecule has 1 amide bonds. The minimum absolute atomic E-state index is 0.00528. The van der Waals surface area contributed by atoms with Crippen LogP contribution in [0.5, 0.6) is 0 Å². The Morgan fingerprint density at radius 1 is 1.50 bits per heavy atom. The van der Waals surface area contributed by atoms with Crippen molar-refractivity contribution < 1.29 is 14.8 Å². The van der Waals surface area contributed by atoms with Gasteiger partial charge in [0, 0.05) is 24.8 Å². The number of benzene rings is 1. The van der Waals surface area contributed by atoms with Gasteiger partial charge in [0.1, 0.15) is 0 Å². The van der Waals surface area contributed by atoms with Crippen molar-refractivity contribution >= 4 is 17.7 Å². The first-order valence-corrected chi connectivity index (χ1v) is 5.37. The third-order valence-corrected chi connectivity index (χ3v) is 2.10. The van der Waals surface area contributed by atoms with Gasteiger partial charge in [-0.2, -0.15) is 0 Å². The summed E-state index contributed by atoms with van der Waals surface area (Å²) in [5.41, 5.74) is 0.693. The summed E-state index contributed by atoms with van der Waals surface area (Å²) < 4.78 is 0. The summed E-state index contributed by atoms with van der Waals surface area (Å²) in [5.74, 6) is -0.325. The molecule has 2 N–H and O–H groups in total. The average Bonchev–Trinajstić information content (AvgIpc) is 2.34. The van der Waals surface area contributed by atoms with Gasteiger partial charge >= 0.3 is 0 Å². The molecule has 0 aliphatic rings. The molecule has 1 aromatic rings. The number of nitro groups is 1. The average molecular weight is 250 g/mol. The molecule has 96 valence electrons. The van der Waals surface area contributed by atoms with E-state index in [4.69, 9.17) is 5.11 Å². The van der Waals surface area contributed by atoms with Crippen molar-refractivity contribution in [2.24, 2.45) is 0 Å². The molecule has 0 spiro atoms. The monoisotopic (exact) mass is 250 g/mol. The number of nitrogens with one attached hydrogen (secondary N) is 1. The van der Waals surface area contributed by atoms with Crippen molar-refractivity contribution in [2.75, 3.05) is 6.54 Å². The summed E-state index contributed by atoms with van der Waals surface area (Å²) in [4.78, 5) is 21.2. The fourth-order valence-electron chi connectivity index (χ4n) is 1.19. The van der Waals surface area contributed by atoms with Gasteiger partial charge < -0.3 is 10.4 Å². The molecule has 0 bridgehead atoms. The van der Waals surface area contributed by atoms with Crippen molar-refractivity contribution in [3.05, 3.63) is 46.0 Å². The molecule has 0 saturated carbocycles. The van der Waals surface area contributed by atoms with Crippen molar-refractivity contribution in [2.45, 2.75) is 13.0 Å². The topological polar surface area (TPSA) is 92.5 Å². The Kier molecular flexibility index (Phi) is 5.01. The van der Waals surface area contributed by atoms with Gasteiger partial charge in [-0.3, -0.25) is 14.9 Å². The van der Waals surface area contributed by atoms with Crippen LogP contribution in [0.15, 0.2) is 30.3 Å². The first-order chi connectivity index (χ1) is 8.49. The SMILES string of the molecule is CC(O)CNC(=O)/C=C/c1ccc([N+](=O)[O-])cc1. The van der Waals surface area contributed by atoms with E-state index in [1.54, 1.807) is 25.1 Å². The highest BCUT2D eigenvalue weighted by atomic mass is 16.6. The van der Waals surface area contributed by atoms with E-state index in [1.165, 1.54) is 18.2 Å². The van der Waals surface area contributed by atoms with Crippen molar-refractivity contribution in [3.8, 4) is 0 Å². The highest BCUT2D eigenvalue weighted by Gasteiger charge is 2.02. The fourth-order valence-corrected chi connectivity index (χ4v) is 1.19. The number of carbonyl (C=O) groups is 1. The van der Waals surface area contributed by atoms with E-state index in [0.717, 1.165) is 0 Å². The maximum absolute atomic E-state index is 11.3. The van der Waals surface area contributed by atoms with Crippen LogP contribution < -0.4 is 5.32 Å². The number of rotatable bonds is 5. The Hall–Kier alpha value is -2.21. The molecular formula is C12H14N2O4. The lowest BCUT2D eigenvalue weighted by molar-refractivity contribution is -0.384. The lowest BCUT2D eigenvalue weighted by Gasteiger charge is -2.03. The Labute approximate surface area is 104 Å². The number of carbonyl (C=O) groups excluding carboxylic acids is 1. The molecule has 0 fully saturated rings. The van der Waals surface area contributed by atoms with E-state index >= 15 is 0 Å². The molecule has 0 heterocycles. The van der Waals surface area contributed by atoms with Gasteiger partial charge in [-0.25, -0.2) is 0 Å². The highest BCUT2D eigenvalue weighted by molar-refractivity contribution is 5.91. The molecule has 1 unspecified atom stereocenters. The lowest BCUT2D eigenvalue weighted by atomic mass is 10.2. The molecule has 0 aliphatic carbocycles. The first kappa shape index (κ1) is 13.9. The normalized spacial score (nSPS) is 12.3.